The maximum absolute atomic E-state index is 14.6. The van der Waals surface area contributed by atoms with E-state index in [0.29, 0.717) is 27.0 Å². The number of hydrogen-bond donors (Lipinski definition) is 3. The molecule has 132 valence electrons. The molecule has 1 aromatic carbocycles. The Morgan fingerprint density at radius 2 is 2.04 bits per heavy atom. The number of aliphatic hydroxyl groups excluding tert-OH is 2. The first-order chi connectivity index (χ1) is 11.3. The van der Waals surface area contributed by atoms with Gasteiger partial charge in [0.25, 0.3) is 0 Å². The third-order valence-electron chi connectivity index (χ3n) is 3.88. The van der Waals surface area contributed by atoms with Crippen LogP contribution in [0.3, 0.4) is 0 Å². The van der Waals surface area contributed by atoms with Gasteiger partial charge in [-0.3, -0.25) is 4.57 Å². The quantitative estimate of drug-likeness (QED) is 0.763. The number of nitrogens with one attached hydrogen (secondary N) is 1. The minimum atomic E-state index is -1.72. The number of rotatable bonds is 4. The zero-order chi connectivity index (χ0) is 17.6. The van der Waals surface area contributed by atoms with Crippen molar-refractivity contribution in [2.24, 2.45) is 0 Å². The van der Waals surface area contributed by atoms with E-state index in [-0.39, 0.29) is 6.04 Å². The van der Waals surface area contributed by atoms with Crippen molar-refractivity contribution in [1.82, 2.24) is 9.55 Å². The molecule has 0 bridgehead atoms. The van der Waals surface area contributed by atoms with E-state index in [0.717, 1.165) is 0 Å². The lowest BCUT2D eigenvalue weighted by Crippen LogP contribution is -2.30. The third-order valence-corrected chi connectivity index (χ3v) is 4.60. The van der Waals surface area contributed by atoms with Crippen molar-refractivity contribution >= 4 is 40.2 Å². The molecule has 4 atom stereocenters. The fourth-order valence-electron chi connectivity index (χ4n) is 2.77. The summed E-state index contributed by atoms with van der Waals surface area (Å²) in [6, 6.07) is 3.19. The van der Waals surface area contributed by atoms with Crippen molar-refractivity contribution in [1.29, 1.82) is 0 Å². The molecule has 1 aliphatic rings. The van der Waals surface area contributed by atoms with Crippen LogP contribution in [0.1, 0.15) is 20.1 Å². The molecule has 24 heavy (non-hydrogen) atoms. The number of imidazole rings is 1. The summed E-state index contributed by atoms with van der Waals surface area (Å²) in [5.74, 6) is 0.372. The van der Waals surface area contributed by atoms with Crippen LogP contribution >= 0.6 is 23.2 Å². The second-order valence-corrected chi connectivity index (χ2v) is 6.86. The molecule has 0 unspecified atom stereocenters. The van der Waals surface area contributed by atoms with E-state index in [1.54, 1.807) is 12.1 Å². The molecule has 3 rings (SSSR count). The number of benzene rings is 1. The number of ether oxygens (including phenoxy) is 1. The lowest BCUT2D eigenvalue weighted by molar-refractivity contribution is -0.0450. The van der Waals surface area contributed by atoms with Crippen LogP contribution in [0.5, 0.6) is 0 Å². The predicted molar refractivity (Wildman–Crippen MR) is 90.4 cm³/mol. The van der Waals surface area contributed by atoms with Crippen molar-refractivity contribution in [3.8, 4) is 0 Å². The smallest absolute Gasteiger partial charge is 0.206 e. The number of fused-ring (bicyclic) bond motifs is 1. The zero-order valence-corrected chi connectivity index (χ0v) is 14.6. The molecule has 2 heterocycles. The van der Waals surface area contributed by atoms with Crippen LogP contribution in [0, 0.1) is 0 Å². The molecular formula is C15H18Cl2FN3O3. The number of alkyl halides is 1. The highest BCUT2D eigenvalue weighted by Crippen LogP contribution is 2.38. The first-order valence-corrected chi connectivity index (χ1v) is 8.31. The lowest BCUT2D eigenvalue weighted by Gasteiger charge is -2.20. The van der Waals surface area contributed by atoms with Gasteiger partial charge in [-0.2, -0.15) is 0 Å². The van der Waals surface area contributed by atoms with Crippen LogP contribution in [0.4, 0.5) is 10.3 Å². The molecule has 1 aliphatic heterocycles. The van der Waals surface area contributed by atoms with Crippen LogP contribution in [-0.2, 0) is 4.74 Å². The average molecular weight is 378 g/mol. The summed E-state index contributed by atoms with van der Waals surface area (Å²) in [6.07, 6.45) is -5.29. The Hall–Kier alpha value is -1.12. The molecule has 1 aromatic heterocycles. The largest absolute Gasteiger partial charge is 0.394 e. The minimum Gasteiger partial charge on any atom is -0.394 e. The predicted octanol–water partition coefficient (Wildman–Crippen LogP) is 2.75. The molecule has 3 N–H and O–H groups in total. The van der Waals surface area contributed by atoms with Gasteiger partial charge in [-0.1, -0.05) is 23.2 Å². The number of nitrogens with zero attached hydrogens (tertiary/aromatic N) is 2. The normalized spacial score (nSPS) is 27.3. The molecule has 2 aromatic rings. The lowest BCUT2D eigenvalue weighted by atomic mass is 10.1. The van der Waals surface area contributed by atoms with E-state index in [9.17, 15) is 14.6 Å². The van der Waals surface area contributed by atoms with Crippen LogP contribution in [0.15, 0.2) is 12.1 Å². The topological polar surface area (TPSA) is 79.5 Å². The van der Waals surface area contributed by atoms with Gasteiger partial charge in [-0.15, -0.1) is 0 Å². The zero-order valence-electron chi connectivity index (χ0n) is 13.1. The Bertz CT molecular complexity index is 755. The van der Waals surface area contributed by atoms with Crippen molar-refractivity contribution < 1.29 is 19.3 Å². The first kappa shape index (κ1) is 17.7. The number of anilines is 1. The van der Waals surface area contributed by atoms with Gasteiger partial charge < -0.3 is 20.3 Å². The van der Waals surface area contributed by atoms with Gasteiger partial charge in [0, 0.05) is 6.04 Å². The standard InChI is InChI=1S/C15H18Cl2FN3O3/c1-6(2)19-15-20-9-3-7(16)8(17)4-10(9)21(15)14-12(18)13(23)11(5-22)24-14/h3-4,6,11-14,22-23H,5H2,1-2H3,(H,19,20)/t11-,12-,13-,14-/m1/s1. The maximum atomic E-state index is 14.6. The molecule has 0 radical (unpaired) electrons. The van der Waals surface area contributed by atoms with Crippen molar-refractivity contribution in [3.63, 3.8) is 0 Å². The molecule has 6 nitrogen and oxygen atoms in total. The Balaban J connectivity index is 2.15. The van der Waals surface area contributed by atoms with E-state index < -0.39 is 31.2 Å². The monoisotopic (exact) mass is 377 g/mol. The molecule has 1 fully saturated rings. The van der Waals surface area contributed by atoms with Crippen LogP contribution in [0.2, 0.25) is 10.0 Å². The van der Waals surface area contributed by atoms with Gasteiger partial charge in [-0.05, 0) is 26.0 Å². The summed E-state index contributed by atoms with van der Waals surface area (Å²) in [6.45, 7) is 3.35. The molecule has 0 saturated carbocycles. The van der Waals surface area contributed by atoms with Crippen LogP contribution in [0.25, 0.3) is 11.0 Å². The summed E-state index contributed by atoms with van der Waals surface area (Å²) in [4.78, 5) is 4.43. The number of hydrogen-bond acceptors (Lipinski definition) is 5. The number of aliphatic hydroxyl groups is 2. The van der Waals surface area contributed by atoms with E-state index >= 15 is 0 Å². The summed E-state index contributed by atoms with van der Waals surface area (Å²) >= 11 is 12.1. The Kier molecular flexibility index (Phi) is 4.90. The van der Waals surface area contributed by atoms with Gasteiger partial charge >= 0.3 is 0 Å². The van der Waals surface area contributed by atoms with Crippen molar-refractivity contribution in [2.75, 3.05) is 11.9 Å². The van der Waals surface area contributed by atoms with Gasteiger partial charge in [0.1, 0.15) is 12.2 Å². The van der Waals surface area contributed by atoms with Gasteiger partial charge in [-0.25, -0.2) is 9.37 Å². The fourth-order valence-corrected chi connectivity index (χ4v) is 3.09. The number of aromatic nitrogens is 2. The van der Waals surface area contributed by atoms with E-state index in [1.807, 2.05) is 13.8 Å². The second kappa shape index (κ2) is 6.65. The van der Waals surface area contributed by atoms with Crippen LogP contribution in [-0.4, -0.2) is 50.8 Å². The first-order valence-electron chi connectivity index (χ1n) is 7.55. The number of halogens is 3. The van der Waals surface area contributed by atoms with Gasteiger partial charge in [0.15, 0.2) is 12.4 Å². The minimum absolute atomic E-state index is 0.0320. The summed E-state index contributed by atoms with van der Waals surface area (Å²) in [5, 5.41) is 22.9. The SMILES string of the molecule is CC(C)Nc1nc2cc(Cl)c(Cl)cc2n1[C@@H]1O[C@H](CO)[C@@H](O)[C@H]1F. The maximum Gasteiger partial charge on any atom is 0.206 e. The Morgan fingerprint density at radius 1 is 1.38 bits per heavy atom. The highest BCUT2D eigenvalue weighted by Gasteiger charge is 2.46. The molecule has 0 spiro atoms. The van der Waals surface area contributed by atoms with E-state index in [4.69, 9.17) is 27.9 Å². The van der Waals surface area contributed by atoms with Crippen molar-refractivity contribution in [3.05, 3.63) is 22.2 Å². The molecular weight excluding hydrogens is 360 g/mol. The second-order valence-electron chi connectivity index (χ2n) is 6.04. The molecule has 1 saturated heterocycles. The Morgan fingerprint density at radius 3 is 2.62 bits per heavy atom. The summed E-state index contributed by atoms with van der Waals surface area (Å²) < 4.78 is 21.6. The molecule has 0 aliphatic carbocycles. The summed E-state index contributed by atoms with van der Waals surface area (Å²) in [5.41, 5.74) is 1.04. The van der Waals surface area contributed by atoms with Gasteiger partial charge in [0.05, 0.1) is 27.7 Å². The summed E-state index contributed by atoms with van der Waals surface area (Å²) in [7, 11) is 0. The van der Waals surface area contributed by atoms with E-state index in [2.05, 4.69) is 10.3 Å². The van der Waals surface area contributed by atoms with Gasteiger partial charge in [0.2, 0.25) is 5.95 Å². The highest BCUT2D eigenvalue weighted by atomic mass is 35.5. The average Bonchev–Trinajstić information content (AvgIpc) is 2.97. The highest BCUT2D eigenvalue weighted by molar-refractivity contribution is 6.42. The van der Waals surface area contributed by atoms with Crippen molar-refractivity contribution in [2.45, 2.75) is 44.5 Å². The molecule has 9 heteroatoms. The van der Waals surface area contributed by atoms with E-state index in [1.165, 1.54) is 4.57 Å². The Labute approximate surface area is 148 Å². The fraction of sp³-hybridized carbons (Fsp3) is 0.533. The molecule has 0 amide bonds. The third kappa shape index (κ3) is 2.95. The van der Waals surface area contributed by atoms with Crippen LogP contribution < -0.4 is 5.32 Å².